The molecule has 10 nitrogen and oxygen atoms in total. The fraction of sp³-hybridized carbons (Fsp3) is 0.471. The molecule has 0 saturated carbocycles. The quantitative estimate of drug-likeness (QED) is 0.269. The number of piperazine rings is 1. The van der Waals surface area contributed by atoms with Crippen molar-refractivity contribution in [1.82, 2.24) is 19.8 Å². The SMILES string of the molecule is C=C[C@@H]1O[C@@H]1C(=O)N1CCN(c2nc(OC[C@@H]3CCCN3C)nc3c2CCN(c2cccc4cccc(Cl)c24)C3)C[C@@H]1CC#N. The van der Waals surface area contributed by atoms with Gasteiger partial charge in [-0.25, -0.2) is 0 Å². The van der Waals surface area contributed by atoms with E-state index >= 15 is 0 Å². The van der Waals surface area contributed by atoms with Gasteiger partial charge in [0.15, 0.2) is 6.10 Å². The Morgan fingerprint density at radius 3 is 2.76 bits per heavy atom. The first-order valence-corrected chi connectivity index (χ1v) is 16.2. The highest BCUT2D eigenvalue weighted by molar-refractivity contribution is 6.36. The number of amides is 1. The van der Waals surface area contributed by atoms with Gasteiger partial charge in [-0.05, 0) is 50.4 Å². The van der Waals surface area contributed by atoms with Gasteiger partial charge < -0.3 is 29.1 Å². The van der Waals surface area contributed by atoms with Crippen LogP contribution in [0.5, 0.6) is 6.01 Å². The minimum atomic E-state index is -0.496. The van der Waals surface area contributed by atoms with Crippen molar-refractivity contribution in [3.63, 3.8) is 0 Å². The Bertz CT molecular complexity index is 1660. The van der Waals surface area contributed by atoms with E-state index in [4.69, 9.17) is 31.0 Å². The van der Waals surface area contributed by atoms with Crippen molar-refractivity contribution in [3.8, 4) is 12.1 Å². The van der Waals surface area contributed by atoms with Gasteiger partial charge in [0.25, 0.3) is 5.91 Å². The maximum absolute atomic E-state index is 13.2. The first kappa shape index (κ1) is 29.8. The number of nitrogens with zero attached hydrogens (tertiary/aromatic N) is 7. The van der Waals surface area contributed by atoms with Crippen LogP contribution in [0.4, 0.5) is 11.5 Å². The monoisotopic (exact) mass is 627 g/mol. The van der Waals surface area contributed by atoms with Gasteiger partial charge in [-0.3, -0.25) is 4.79 Å². The van der Waals surface area contributed by atoms with Crippen molar-refractivity contribution in [2.24, 2.45) is 0 Å². The van der Waals surface area contributed by atoms with Crippen LogP contribution in [0, 0.1) is 11.3 Å². The number of ether oxygens (including phenoxy) is 2. The van der Waals surface area contributed by atoms with E-state index in [2.05, 4.69) is 58.7 Å². The zero-order valence-electron chi connectivity index (χ0n) is 25.6. The molecule has 45 heavy (non-hydrogen) atoms. The molecule has 3 fully saturated rings. The highest BCUT2D eigenvalue weighted by Crippen LogP contribution is 2.37. The number of benzene rings is 2. The van der Waals surface area contributed by atoms with Crippen molar-refractivity contribution in [2.45, 2.75) is 56.5 Å². The van der Waals surface area contributed by atoms with Crippen LogP contribution < -0.4 is 14.5 Å². The maximum atomic E-state index is 13.2. The van der Waals surface area contributed by atoms with Gasteiger partial charge in [0, 0.05) is 48.9 Å². The van der Waals surface area contributed by atoms with Crippen molar-refractivity contribution in [2.75, 3.05) is 56.2 Å². The predicted molar refractivity (Wildman–Crippen MR) is 174 cm³/mol. The van der Waals surface area contributed by atoms with Gasteiger partial charge in [0.05, 0.1) is 35.8 Å². The summed E-state index contributed by atoms with van der Waals surface area (Å²) in [4.78, 5) is 31.9. The number of halogens is 1. The van der Waals surface area contributed by atoms with E-state index in [0.29, 0.717) is 44.8 Å². The summed E-state index contributed by atoms with van der Waals surface area (Å²) < 4.78 is 11.8. The summed E-state index contributed by atoms with van der Waals surface area (Å²) in [5.41, 5.74) is 3.11. The normalized spacial score (nSPS) is 24.8. The molecule has 2 aromatic carbocycles. The van der Waals surface area contributed by atoms with E-state index in [1.54, 1.807) is 11.0 Å². The van der Waals surface area contributed by atoms with Gasteiger partial charge >= 0.3 is 6.01 Å². The standard InChI is InChI=1S/C34H38ClN7O3/c1-3-29-31(45-29)33(43)42-18-17-41(19-23(42)12-14-36)32-25-13-16-40(28-11-5-8-22-7-4-10-26(35)30(22)28)20-27(25)37-34(38-32)44-21-24-9-6-15-39(24)2/h3-5,7-8,10-11,23-24,29,31H,1,6,9,12-13,15-21H2,2H3/t23-,24-,29-,31-/m0/s1. The molecule has 234 valence electrons. The first-order chi connectivity index (χ1) is 21.9. The molecule has 7 rings (SSSR count). The number of hydrogen-bond donors (Lipinski definition) is 0. The molecule has 0 radical (unpaired) electrons. The summed E-state index contributed by atoms with van der Waals surface area (Å²) in [6.45, 7) is 8.30. The fourth-order valence-electron chi connectivity index (χ4n) is 7.10. The van der Waals surface area contributed by atoms with Crippen LogP contribution in [0.1, 0.15) is 30.5 Å². The molecule has 1 aromatic heterocycles. The predicted octanol–water partition coefficient (Wildman–Crippen LogP) is 4.20. The average molecular weight is 628 g/mol. The molecule has 0 spiro atoms. The lowest BCUT2D eigenvalue weighted by atomic mass is 10.0. The molecular weight excluding hydrogens is 590 g/mol. The van der Waals surface area contributed by atoms with E-state index in [1.165, 1.54) is 0 Å². The number of aromatic nitrogens is 2. The molecule has 3 saturated heterocycles. The number of carbonyl (C=O) groups is 1. The van der Waals surface area contributed by atoms with E-state index in [9.17, 15) is 10.1 Å². The van der Waals surface area contributed by atoms with Gasteiger partial charge in [0.2, 0.25) is 0 Å². The summed E-state index contributed by atoms with van der Waals surface area (Å²) in [5, 5.41) is 12.5. The van der Waals surface area contributed by atoms with Gasteiger partial charge in [-0.1, -0.05) is 41.9 Å². The lowest BCUT2D eigenvalue weighted by Crippen LogP contribution is -2.57. The van der Waals surface area contributed by atoms with E-state index < -0.39 is 6.10 Å². The number of rotatable bonds is 8. The summed E-state index contributed by atoms with van der Waals surface area (Å²) in [6, 6.07) is 15.0. The Balaban J connectivity index is 1.19. The Morgan fingerprint density at radius 1 is 1.16 bits per heavy atom. The largest absolute Gasteiger partial charge is 0.462 e. The first-order valence-electron chi connectivity index (χ1n) is 15.8. The molecule has 11 heteroatoms. The molecule has 5 heterocycles. The topological polar surface area (TPSA) is 101 Å². The third-order valence-electron chi connectivity index (χ3n) is 9.67. The van der Waals surface area contributed by atoms with Crippen LogP contribution in [-0.4, -0.2) is 96.3 Å². The number of epoxide rings is 1. The van der Waals surface area contributed by atoms with Crippen LogP contribution >= 0.6 is 11.6 Å². The third kappa shape index (κ3) is 5.81. The Hall–Kier alpha value is -3.91. The molecule has 0 N–H and O–H groups in total. The third-order valence-corrected chi connectivity index (χ3v) is 9.98. The number of hydrogen-bond acceptors (Lipinski definition) is 9. The second kappa shape index (κ2) is 12.5. The van der Waals surface area contributed by atoms with E-state index in [0.717, 1.165) is 70.9 Å². The zero-order chi connectivity index (χ0) is 31.1. The van der Waals surface area contributed by atoms with Crippen LogP contribution in [-0.2, 0) is 22.5 Å². The van der Waals surface area contributed by atoms with Crippen molar-refractivity contribution in [3.05, 3.63) is 65.3 Å². The lowest BCUT2D eigenvalue weighted by Gasteiger charge is -2.42. The fourth-order valence-corrected chi connectivity index (χ4v) is 7.38. The van der Waals surface area contributed by atoms with Crippen LogP contribution in [0.3, 0.4) is 0 Å². The number of likely N-dealkylation sites (tertiary alicyclic amines) is 1. The molecule has 3 aromatic rings. The lowest BCUT2D eigenvalue weighted by molar-refractivity contribution is -0.135. The second-order valence-corrected chi connectivity index (χ2v) is 12.8. The summed E-state index contributed by atoms with van der Waals surface area (Å²) in [7, 11) is 2.13. The van der Waals surface area contributed by atoms with Crippen molar-refractivity contribution in [1.29, 1.82) is 5.26 Å². The van der Waals surface area contributed by atoms with Crippen molar-refractivity contribution < 1.29 is 14.3 Å². The Labute approximate surface area is 268 Å². The van der Waals surface area contributed by atoms with Gasteiger partial charge in [0.1, 0.15) is 18.5 Å². The average Bonchev–Trinajstić information content (AvgIpc) is 3.74. The van der Waals surface area contributed by atoms with E-state index in [1.807, 2.05) is 12.1 Å². The molecule has 4 aliphatic heterocycles. The molecule has 0 aliphatic carbocycles. The number of fused-ring (bicyclic) bond motifs is 2. The van der Waals surface area contributed by atoms with Crippen molar-refractivity contribution >= 4 is 39.8 Å². The molecule has 4 aliphatic rings. The molecule has 0 bridgehead atoms. The molecule has 1 amide bonds. The Morgan fingerprint density at radius 2 is 2.00 bits per heavy atom. The van der Waals surface area contributed by atoms with E-state index in [-0.39, 0.29) is 24.5 Å². The van der Waals surface area contributed by atoms with Crippen LogP contribution in [0.2, 0.25) is 5.02 Å². The smallest absolute Gasteiger partial charge is 0.318 e. The highest BCUT2D eigenvalue weighted by atomic mass is 35.5. The number of likely N-dealkylation sites (N-methyl/N-ethyl adjacent to an activating group) is 1. The van der Waals surface area contributed by atoms with Crippen LogP contribution in [0.25, 0.3) is 10.8 Å². The summed E-state index contributed by atoms with van der Waals surface area (Å²) in [5.74, 6) is 0.769. The Kier molecular flexibility index (Phi) is 8.25. The van der Waals surface area contributed by atoms with Gasteiger partial charge in [-0.2, -0.15) is 15.2 Å². The zero-order valence-corrected chi connectivity index (χ0v) is 26.3. The minimum Gasteiger partial charge on any atom is -0.462 e. The molecular formula is C34H38ClN7O3. The summed E-state index contributed by atoms with van der Waals surface area (Å²) >= 11 is 6.72. The summed E-state index contributed by atoms with van der Waals surface area (Å²) in [6.07, 6.45) is 4.14. The molecule has 0 unspecified atom stereocenters. The number of anilines is 2. The minimum absolute atomic E-state index is 0.0707. The highest BCUT2D eigenvalue weighted by Gasteiger charge is 2.47. The molecule has 4 atom stereocenters. The van der Waals surface area contributed by atoms with Crippen LogP contribution in [0.15, 0.2) is 49.1 Å². The van der Waals surface area contributed by atoms with Gasteiger partial charge in [-0.15, -0.1) is 6.58 Å². The number of carbonyl (C=O) groups excluding carboxylic acids is 1. The number of nitriles is 1. The maximum Gasteiger partial charge on any atom is 0.318 e. The second-order valence-electron chi connectivity index (χ2n) is 12.4.